The van der Waals surface area contributed by atoms with Gasteiger partial charge < -0.3 is 139 Å². The van der Waals surface area contributed by atoms with Crippen molar-refractivity contribution >= 4 is 22.6 Å². The highest BCUT2D eigenvalue weighted by Crippen LogP contribution is 2.78. The van der Waals surface area contributed by atoms with Crippen molar-refractivity contribution in [1.29, 1.82) is 0 Å². The zero-order valence-electron chi connectivity index (χ0n) is 51.8. The fraction of sp³-hybridized carbons (Fsp3) is 0.967. The van der Waals surface area contributed by atoms with Gasteiger partial charge in [0.05, 0.1) is 50.8 Å². The first-order valence-corrected chi connectivity index (χ1v) is 32.6. The lowest BCUT2D eigenvalue weighted by Crippen LogP contribution is -2.65. The highest BCUT2D eigenvalue weighted by Gasteiger charge is 2.72. The molecule has 0 radical (unpaired) electrons. The van der Waals surface area contributed by atoms with Crippen molar-refractivity contribution in [2.24, 2.45) is 39.4 Å². The van der Waals surface area contributed by atoms with Crippen molar-refractivity contribution in [3.05, 3.63) is 11.6 Å². The molecule has 0 spiro atoms. The van der Waals surface area contributed by atoms with Gasteiger partial charge in [0.25, 0.3) is 0 Å². The molecule has 516 valence electrons. The maximum absolute atomic E-state index is 11.9. The molecule has 9 aliphatic rings. The molecule has 18 N–H and O–H groups in total. The third-order valence-corrected chi connectivity index (χ3v) is 25.8. The molecule has 34 atom stereocenters. The lowest BCUT2D eigenvalue weighted by Gasteiger charge is -2.67. The summed E-state index contributed by atoms with van der Waals surface area (Å²) in [6.45, 7) is 13.2. The van der Waals surface area contributed by atoms with Crippen LogP contribution >= 0.6 is 22.6 Å². The number of hydrogen-bond donors (Lipinski definition) is 18. The number of allylic oxidation sites excluding steroid dienone is 1. The molecule has 0 aromatic rings. The Balaban J connectivity index is 0.885. The Bertz CT molecular complexity index is 2370. The monoisotopic (exact) mass is 1400 g/mol. The van der Waals surface area contributed by atoms with Crippen molar-refractivity contribution in [1.82, 2.24) is 0 Å². The van der Waals surface area contributed by atoms with Crippen molar-refractivity contribution < 1.29 is 139 Å². The van der Waals surface area contributed by atoms with Crippen LogP contribution in [0.5, 0.6) is 0 Å². The molecule has 5 heterocycles. The highest BCUT2D eigenvalue weighted by atomic mass is 127. The van der Waals surface area contributed by atoms with E-state index in [9.17, 15) is 91.9 Å². The van der Waals surface area contributed by atoms with Gasteiger partial charge in [-0.2, -0.15) is 0 Å². The van der Waals surface area contributed by atoms with Crippen molar-refractivity contribution in [3.63, 3.8) is 0 Å². The van der Waals surface area contributed by atoms with Gasteiger partial charge >= 0.3 is 0 Å². The summed E-state index contributed by atoms with van der Waals surface area (Å²) in [5, 5.41) is 193. The van der Waals surface area contributed by atoms with E-state index >= 15 is 0 Å². The molecule has 89 heavy (non-hydrogen) atoms. The zero-order valence-corrected chi connectivity index (χ0v) is 54.0. The summed E-state index contributed by atoms with van der Waals surface area (Å²) >= 11 is 2.69. The van der Waals surface area contributed by atoms with Crippen molar-refractivity contribution in [2.75, 3.05) is 33.0 Å². The Morgan fingerprint density at radius 3 is 1.53 bits per heavy atom. The third-order valence-electron chi connectivity index (χ3n) is 23.0. The average molecular weight is 1400 g/mol. The van der Waals surface area contributed by atoms with Gasteiger partial charge in [0.2, 0.25) is 0 Å². The molecule has 8 fully saturated rings. The summed E-state index contributed by atoms with van der Waals surface area (Å²) in [6, 6.07) is 0. The summed E-state index contributed by atoms with van der Waals surface area (Å²) in [6.07, 6.45) is -34.2. The summed E-state index contributed by atoms with van der Waals surface area (Å²) in [5.41, 5.74) is -1.38. The van der Waals surface area contributed by atoms with Crippen molar-refractivity contribution in [3.8, 4) is 0 Å². The quantitative estimate of drug-likeness (QED) is 0.0316. The molecule has 3 saturated carbocycles. The number of aliphatic hydroxyl groups is 18. The lowest BCUT2D eigenvalue weighted by molar-refractivity contribution is -0.380. The number of halogens is 1. The van der Waals surface area contributed by atoms with E-state index in [-0.39, 0.29) is 43.8 Å². The van der Waals surface area contributed by atoms with Crippen LogP contribution in [0.1, 0.15) is 113 Å². The lowest BCUT2D eigenvalue weighted by atomic mass is 9.39. The molecule has 0 amide bonds. The molecule has 5 saturated heterocycles. The van der Waals surface area contributed by atoms with E-state index in [0.29, 0.717) is 12.8 Å². The minimum Gasteiger partial charge on any atom is -0.394 e. The summed E-state index contributed by atoms with van der Waals surface area (Å²) < 4.78 is 59.5. The first-order chi connectivity index (χ1) is 41.6. The average Bonchev–Trinajstić information content (AvgIpc) is 1.63. The minimum atomic E-state index is -1.94. The predicted molar refractivity (Wildman–Crippen MR) is 312 cm³/mol. The smallest absolute Gasteiger partial charge is 0.187 e. The topological polar surface area (TPSA) is 456 Å². The molecule has 5 aliphatic heterocycles. The molecular formula is C60H101IO28. The number of alkyl halides is 1. The van der Waals surface area contributed by atoms with Crippen molar-refractivity contribution in [2.45, 2.75) is 288 Å². The normalized spacial score (nSPS) is 51.8. The van der Waals surface area contributed by atoms with Crippen LogP contribution in [0.2, 0.25) is 0 Å². The van der Waals surface area contributed by atoms with Crippen LogP contribution in [0.15, 0.2) is 11.6 Å². The van der Waals surface area contributed by atoms with Crippen LogP contribution in [-0.2, 0) is 47.4 Å². The Morgan fingerprint density at radius 1 is 0.528 bits per heavy atom. The van der Waals surface area contributed by atoms with E-state index in [4.69, 9.17) is 47.4 Å². The molecule has 9 rings (SSSR count). The van der Waals surface area contributed by atoms with E-state index < -0.39 is 210 Å². The van der Waals surface area contributed by atoms with Gasteiger partial charge in [-0.15, -0.1) is 0 Å². The Hall–Kier alpha value is -0.650. The van der Waals surface area contributed by atoms with E-state index in [1.807, 2.05) is 0 Å². The summed E-state index contributed by atoms with van der Waals surface area (Å²) in [4.78, 5) is 0. The molecular weight excluding hydrogens is 1300 g/mol. The highest BCUT2D eigenvalue weighted by molar-refractivity contribution is 14.1. The number of aliphatic hydroxyl groups excluding tert-OH is 17. The number of rotatable bonds is 20. The maximum atomic E-state index is 11.9. The largest absolute Gasteiger partial charge is 0.394 e. The summed E-state index contributed by atoms with van der Waals surface area (Å²) in [5.74, 6) is 0.479. The van der Waals surface area contributed by atoms with E-state index in [2.05, 4.69) is 70.2 Å². The second kappa shape index (κ2) is 27.7. The Morgan fingerprint density at radius 2 is 0.989 bits per heavy atom. The predicted octanol–water partition coefficient (Wildman–Crippen LogP) is -3.82. The molecule has 0 bridgehead atoms. The van der Waals surface area contributed by atoms with Crippen LogP contribution < -0.4 is 0 Å². The fourth-order valence-corrected chi connectivity index (χ4v) is 18.4. The number of ether oxygens (including phenoxy) is 10. The van der Waals surface area contributed by atoms with Gasteiger partial charge in [-0.05, 0) is 106 Å². The zero-order chi connectivity index (χ0) is 65.6. The van der Waals surface area contributed by atoms with Crippen LogP contribution in [-0.4, -0.2) is 300 Å². The molecule has 0 aromatic heterocycles. The second-order valence-corrected chi connectivity index (χ2v) is 30.6. The standard InChI is InChI=1S/C60H101IO28/c1-24(9-13-34(56(4,5)79)87-54-49(89-53-46(77)41(72)37(68)29(21-64)83-53)42(73)38(69)31(85-54)23-80-50-44(75)39(70)35(66)27(19-62)81-50)60(61)18-16-58(7)32-12-10-25-26(57(32,6)15-17-59(58,60)8)11-14-33(55(25,2)3)86-51-47(78)43(74)48(30(22-65)84-51)88-52-45(76)40(71)36(67)28(20-63)82-52/h10,24,26-54,62-79H,9,11-23H2,1-8H3/t24-,26?,27?,28?,29?,30?,31?,32?,33+,34?,35?,36?,37?,38?,39?,40?,41?,42?,43?,44?,45?,46?,47?,48?,49?,50?,51?,52?,53?,54?,57+,58+,59+,60+/m1/s1. The van der Waals surface area contributed by atoms with Gasteiger partial charge in [-0.25, -0.2) is 0 Å². The molecule has 4 aliphatic carbocycles. The van der Waals surface area contributed by atoms with Crippen LogP contribution in [0.4, 0.5) is 0 Å². The number of fused-ring (bicyclic) bond motifs is 5. The molecule has 0 aromatic carbocycles. The van der Waals surface area contributed by atoms with E-state index in [0.717, 1.165) is 38.5 Å². The van der Waals surface area contributed by atoms with Gasteiger partial charge in [0.1, 0.15) is 122 Å². The van der Waals surface area contributed by atoms with E-state index in [1.165, 1.54) is 5.57 Å². The van der Waals surface area contributed by atoms with Crippen LogP contribution in [0, 0.1) is 39.4 Å². The Labute approximate surface area is 531 Å². The van der Waals surface area contributed by atoms with Crippen LogP contribution in [0.3, 0.4) is 0 Å². The number of hydrogen-bond acceptors (Lipinski definition) is 28. The van der Waals surface area contributed by atoms with Gasteiger partial charge in [-0.1, -0.05) is 75.8 Å². The Kier molecular flexibility index (Phi) is 22.6. The van der Waals surface area contributed by atoms with Gasteiger partial charge in [0.15, 0.2) is 31.5 Å². The minimum absolute atomic E-state index is 0.0188. The first kappa shape index (κ1) is 72.6. The third kappa shape index (κ3) is 13.0. The van der Waals surface area contributed by atoms with Gasteiger partial charge in [-0.3, -0.25) is 0 Å². The first-order valence-electron chi connectivity index (χ1n) is 31.5. The molecule has 29 heteroatoms. The van der Waals surface area contributed by atoms with Crippen LogP contribution in [0.25, 0.3) is 0 Å². The van der Waals surface area contributed by atoms with Gasteiger partial charge in [0, 0.05) is 8.84 Å². The second-order valence-electron chi connectivity index (χ2n) is 28.7. The maximum Gasteiger partial charge on any atom is 0.187 e. The molecule has 28 nitrogen and oxygen atoms in total. The summed E-state index contributed by atoms with van der Waals surface area (Å²) in [7, 11) is 0. The van der Waals surface area contributed by atoms with E-state index in [1.54, 1.807) is 13.8 Å². The molecule has 28 unspecified atom stereocenters. The fourth-order valence-electron chi connectivity index (χ4n) is 17.0. The SMILES string of the molecule is C[C@H](CCC(OC1OC(COC2OC(CO)C(O)C(O)C2O)C(O)C(O)C1OC1OC(CO)C(O)C(O)C1O)C(C)(C)O)[C@@]1(I)CC[C@@]2(C)C3CC=C4C(CC[C@H](OC5OC(CO)C(OC6OC(CO)C(O)C(O)C6O)C(O)C5O)C4(C)C)[C@]3(C)CC[C@@]21C.